The van der Waals surface area contributed by atoms with Crippen molar-refractivity contribution >= 4 is 15.8 Å². The number of aliphatic imine (C=N–C) groups is 1. The Kier molecular flexibility index (Phi) is 5.08. The highest BCUT2D eigenvalue weighted by Gasteiger charge is 2.02. The number of hydrogen-bond donors (Lipinski definition) is 1. The van der Waals surface area contributed by atoms with Crippen LogP contribution in [-0.4, -0.2) is 31.0 Å². The lowest BCUT2D eigenvalue weighted by Gasteiger charge is -1.95. The van der Waals surface area contributed by atoms with Gasteiger partial charge >= 0.3 is 0 Å². The first kappa shape index (κ1) is 11.6. The van der Waals surface area contributed by atoms with Gasteiger partial charge in [-0.15, -0.1) is 0 Å². The highest BCUT2D eigenvalue weighted by Crippen LogP contribution is 1.94. The molecular weight excluding hydrogens is 178 g/mol. The Bertz CT molecular complexity index is 239. The van der Waals surface area contributed by atoms with E-state index in [0.29, 0.717) is 19.4 Å². The van der Waals surface area contributed by atoms with Gasteiger partial charge in [0.15, 0.2) is 0 Å². The Morgan fingerprint density at radius 1 is 1.33 bits per heavy atom. The third kappa shape index (κ3) is 9.58. The van der Waals surface area contributed by atoms with E-state index < -0.39 is 10.1 Å². The maximum atomic E-state index is 10.2. The number of hydrogen-bond acceptors (Lipinski definition) is 3. The smallest absolute Gasteiger partial charge is 0.264 e. The molecular formula is C7H15NO3S. The number of rotatable bonds is 5. The zero-order chi connectivity index (χ0) is 9.61. The van der Waals surface area contributed by atoms with Crippen molar-refractivity contribution in [1.82, 2.24) is 0 Å². The first-order valence-electron chi connectivity index (χ1n) is 3.84. The molecule has 0 unspecified atom stereocenters. The molecule has 12 heavy (non-hydrogen) atoms. The van der Waals surface area contributed by atoms with Crippen LogP contribution in [-0.2, 0) is 10.1 Å². The Balaban J connectivity index is 3.41. The molecule has 4 nitrogen and oxygen atoms in total. The quantitative estimate of drug-likeness (QED) is 0.404. The largest absolute Gasteiger partial charge is 0.295 e. The first-order valence-corrected chi connectivity index (χ1v) is 5.45. The molecule has 0 rings (SSSR count). The molecule has 0 bridgehead atoms. The molecule has 0 aromatic rings. The first-order chi connectivity index (χ1) is 5.42. The standard InChI is InChI=1S/C7H15NO3S/c1-7(2)8-5-3-4-6-12(9,10)11/h3-6H2,1-2H3,(H,9,10,11). The van der Waals surface area contributed by atoms with Gasteiger partial charge in [0.2, 0.25) is 0 Å². The van der Waals surface area contributed by atoms with Crippen LogP contribution in [0.2, 0.25) is 0 Å². The molecule has 0 amide bonds. The van der Waals surface area contributed by atoms with E-state index in [2.05, 4.69) is 4.99 Å². The topological polar surface area (TPSA) is 66.7 Å². The summed E-state index contributed by atoms with van der Waals surface area (Å²) in [6.07, 6.45) is 1.17. The van der Waals surface area contributed by atoms with Crippen molar-refractivity contribution < 1.29 is 13.0 Å². The molecule has 0 aromatic heterocycles. The van der Waals surface area contributed by atoms with Crippen LogP contribution < -0.4 is 0 Å². The van der Waals surface area contributed by atoms with Crippen LogP contribution in [0.25, 0.3) is 0 Å². The molecule has 0 aliphatic heterocycles. The van der Waals surface area contributed by atoms with Crippen molar-refractivity contribution in [3.63, 3.8) is 0 Å². The SMILES string of the molecule is CC(C)=NCCCCS(=O)(=O)O. The van der Waals surface area contributed by atoms with Crippen LogP contribution in [0.5, 0.6) is 0 Å². The van der Waals surface area contributed by atoms with Crippen molar-refractivity contribution in [2.45, 2.75) is 26.7 Å². The van der Waals surface area contributed by atoms with Crippen LogP contribution in [0.4, 0.5) is 0 Å². The van der Waals surface area contributed by atoms with Crippen molar-refractivity contribution in [1.29, 1.82) is 0 Å². The van der Waals surface area contributed by atoms with Gasteiger partial charge in [-0.3, -0.25) is 9.55 Å². The van der Waals surface area contributed by atoms with Gasteiger partial charge in [0.25, 0.3) is 10.1 Å². The van der Waals surface area contributed by atoms with Crippen LogP contribution in [0.3, 0.4) is 0 Å². The van der Waals surface area contributed by atoms with E-state index in [1.54, 1.807) is 0 Å². The molecule has 0 spiro atoms. The minimum atomic E-state index is -3.77. The highest BCUT2D eigenvalue weighted by atomic mass is 32.2. The zero-order valence-electron chi connectivity index (χ0n) is 7.45. The summed E-state index contributed by atoms with van der Waals surface area (Å²) in [5, 5.41) is 0. The van der Waals surface area contributed by atoms with Gasteiger partial charge in [0.05, 0.1) is 5.75 Å². The summed E-state index contributed by atoms with van der Waals surface area (Å²) < 4.78 is 28.9. The van der Waals surface area contributed by atoms with Crippen molar-refractivity contribution in [3.05, 3.63) is 0 Å². The van der Waals surface area contributed by atoms with Crippen molar-refractivity contribution in [2.75, 3.05) is 12.3 Å². The van der Waals surface area contributed by atoms with Gasteiger partial charge < -0.3 is 0 Å². The molecule has 72 valence electrons. The fraction of sp³-hybridized carbons (Fsp3) is 0.857. The molecule has 0 atom stereocenters. The number of nitrogens with zero attached hydrogens (tertiary/aromatic N) is 1. The van der Waals surface area contributed by atoms with Gasteiger partial charge in [-0.2, -0.15) is 8.42 Å². The fourth-order valence-electron chi connectivity index (χ4n) is 0.699. The lowest BCUT2D eigenvalue weighted by molar-refractivity contribution is 0.480. The summed E-state index contributed by atoms with van der Waals surface area (Å²) in [6.45, 7) is 4.42. The maximum Gasteiger partial charge on any atom is 0.264 e. The molecule has 0 saturated carbocycles. The molecule has 0 fully saturated rings. The third-order valence-electron chi connectivity index (χ3n) is 1.24. The third-order valence-corrected chi connectivity index (χ3v) is 2.04. The molecule has 0 aliphatic rings. The monoisotopic (exact) mass is 193 g/mol. The Morgan fingerprint density at radius 3 is 2.33 bits per heavy atom. The minimum absolute atomic E-state index is 0.161. The van der Waals surface area contributed by atoms with Crippen molar-refractivity contribution in [2.24, 2.45) is 4.99 Å². The van der Waals surface area contributed by atoms with Crippen molar-refractivity contribution in [3.8, 4) is 0 Å². The van der Waals surface area contributed by atoms with E-state index in [4.69, 9.17) is 4.55 Å². The van der Waals surface area contributed by atoms with Crippen LogP contribution in [0, 0.1) is 0 Å². The fourth-order valence-corrected chi connectivity index (χ4v) is 1.27. The average molecular weight is 193 g/mol. The van der Waals surface area contributed by atoms with Gasteiger partial charge in [0, 0.05) is 12.3 Å². The Labute approximate surface area is 73.5 Å². The normalized spacial score (nSPS) is 11.2. The summed E-state index contributed by atoms with van der Waals surface area (Å²) in [5.74, 6) is -0.161. The van der Waals surface area contributed by atoms with E-state index in [1.165, 1.54) is 0 Å². The Morgan fingerprint density at radius 2 is 1.92 bits per heavy atom. The summed E-state index contributed by atoms with van der Waals surface area (Å²) in [5.41, 5.74) is 0.988. The molecule has 1 N–H and O–H groups in total. The lowest BCUT2D eigenvalue weighted by Crippen LogP contribution is -2.04. The summed E-state index contributed by atoms with van der Waals surface area (Å²) in [6, 6.07) is 0. The zero-order valence-corrected chi connectivity index (χ0v) is 8.26. The minimum Gasteiger partial charge on any atom is -0.295 e. The predicted molar refractivity (Wildman–Crippen MR) is 49.3 cm³/mol. The van der Waals surface area contributed by atoms with Gasteiger partial charge in [-0.1, -0.05) is 0 Å². The van der Waals surface area contributed by atoms with E-state index >= 15 is 0 Å². The second-order valence-corrected chi connectivity index (χ2v) is 4.39. The lowest BCUT2D eigenvalue weighted by atomic mass is 10.3. The molecule has 0 saturated heterocycles. The summed E-state index contributed by atoms with van der Waals surface area (Å²) in [7, 11) is -3.77. The van der Waals surface area contributed by atoms with E-state index in [-0.39, 0.29) is 5.75 Å². The molecule has 0 heterocycles. The maximum absolute atomic E-state index is 10.2. The number of unbranched alkanes of at least 4 members (excludes halogenated alkanes) is 1. The van der Waals surface area contributed by atoms with Gasteiger partial charge in [-0.25, -0.2) is 0 Å². The summed E-state index contributed by atoms with van der Waals surface area (Å²) in [4.78, 5) is 4.08. The molecule has 0 radical (unpaired) electrons. The van der Waals surface area contributed by atoms with Gasteiger partial charge in [0.1, 0.15) is 0 Å². The van der Waals surface area contributed by atoms with E-state index in [0.717, 1.165) is 5.71 Å². The average Bonchev–Trinajstić information content (AvgIpc) is 1.83. The highest BCUT2D eigenvalue weighted by molar-refractivity contribution is 7.85. The van der Waals surface area contributed by atoms with Crippen LogP contribution >= 0.6 is 0 Å². The summed E-state index contributed by atoms with van der Waals surface area (Å²) >= 11 is 0. The molecule has 0 aromatic carbocycles. The second kappa shape index (κ2) is 5.27. The Hall–Kier alpha value is -0.420. The van der Waals surface area contributed by atoms with Crippen LogP contribution in [0.15, 0.2) is 4.99 Å². The molecule has 5 heteroatoms. The van der Waals surface area contributed by atoms with Gasteiger partial charge in [-0.05, 0) is 26.7 Å². The second-order valence-electron chi connectivity index (χ2n) is 2.82. The van der Waals surface area contributed by atoms with E-state index in [1.807, 2.05) is 13.8 Å². The van der Waals surface area contributed by atoms with E-state index in [9.17, 15) is 8.42 Å². The predicted octanol–water partition coefficient (Wildman–Crippen LogP) is 1.14. The van der Waals surface area contributed by atoms with Crippen LogP contribution in [0.1, 0.15) is 26.7 Å². The molecule has 0 aliphatic carbocycles.